The van der Waals surface area contributed by atoms with Gasteiger partial charge in [0.15, 0.2) is 0 Å². The van der Waals surface area contributed by atoms with Gasteiger partial charge in [0.05, 0.1) is 5.56 Å². The lowest BCUT2D eigenvalue weighted by atomic mass is 10.2. The fourth-order valence-electron chi connectivity index (χ4n) is 1.05. The molecule has 0 aromatic heterocycles. The lowest BCUT2D eigenvalue weighted by Gasteiger charge is -2.11. The highest BCUT2D eigenvalue weighted by atomic mass is 79.9. The summed E-state index contributed by atoms with van der Waals surface area (Å²) in [5.74, 6) is -0.0215. The molecule has 0 radical (unpaired) electrons. The molecule has 14 heavy (non-hydrogen) atoms. The van der Waals surface area contributed by atoms with Gasteiger partial charge < -0.3 is 5.32 Å². The molecule has 1 aromatic carbocycles. The Kier molecular flexibility index (Phi) is 4.14. The van der Waals surface area contributed by atoms with Gasteiger partial charge in [-0.1, -0.05) is 19.1 Å². The summed E-state index contributed by atoms with van der Waals surface area (Å²) in [6.07, 6.45) is 0.941. The van der Waals surface area contributed by atoms with E-state index in [4.69, 9.17) is 0 Å². The second-order valence-corrected chi connectivity index (χ2v) is 4.12. The Morgan fingerprint density at radius 3 is 2.71 bits per heavy atom. The Bertz CT molecular complexity index is 325. The SMILES string of the molecule is CC[C@H](C)NC(=O)c1ccccc1Br. The van der Waals surface area contributed by atoms with E-state index in [1.807, 2.05) is 38.1 Å². The van der Waals surface area contributed by atoms with Gasteiger partial charge in [0.1, 0.15) is 0 Å². The van der Waals surface area contributed by atoms with E-state index in [1.165, 1.54) is 0 Å². The molecule has 0 aliphatic carbocycles. The maximum atomic E-state index is 11.7. The Balaban J connectivity index is 2.75. The van der Waals surface area contributed by atoms with Crippen LogP contribution in [0.3, 0.4) is 0 Å². The number of halogens is 1. The predicted octanol–water partition coefficient (Wildman–Crippen LogP) is 2.98. The number of nitrogens with one attached hydrogen (secondary N) is 1. The number of benzene rings is 1. The molecule has 1 atom stereocenters. The summed E-state index contributed by atoms with van der Waals surface area (Å²) in [6, 6.07) is 7.64. The summed E-state index contributed by atoms with van der Waals surface area (Å²) in [5.41, 5.74) is 0.688. The van der Waals surface area contributed by atoms with Crippen molar-refractivity contribution in [2.45, 2.75) is 26.3 Å². The van der Waals surface area contributed by atoms with Crippen LogP contribution in [0.15, 0.2) is 28.7 Å². The number of hydrogen-bond donors (Lipinski definition) is 1. The van der Waals surface area contributed by atoms with Crippen molar-refractivity contribution in [1.29, 1.82) is 0 Å². The quantitative estimate of drug-likeness (QED) is 0.885. The maximum Gasteiger partial charge on any atom is 0.252 e. The molecule has 3 heteroatoms. The van der Waals surface area contributed by atoms with E-state index < -0.39 is 0 Å². The van der Waals surface area contributed by atoms with Gasteiger partial charge in [-0.3, -0.25) is 4.79 Å². The van der Waals surface area contributed by atoms with Gasteiger partial charge in [0.2, 0.25) is 0 Å². The summed E-state index contributed by atoms with van der Waals surface area (Å²) in [6.45, 7) is 4.04. The maximum absolute atomic E-state index is 11.7. The number of hydrogen-bond acceptors (Lipinski definition) is 1. The number of carbonyl (C=O) groups is 1. The van der Waals surface area contributed by atoms with Crippen LogP contribution in [0.4, 0.5) is 0 Å². The van der Waals surface area contributed by atoms with Crippen molar-refractivity contribution in [3.05, 3.63) is 34.3 Å². The van der Waals surface area contributed by atoms with E-state index in [9.17, 15) is 4.79 Å². The Hall–Kier alpha value is -0.830. The van der Waals surface area contributed by atoms with E-state index >= 15 is 0 Å². The zero-order chi connectivity index (χ0) is 10.6. The first-order valence-corrected chi connectivity index (χ1v) is 5.49. The van der Waals surface area contributed by atoms with Gasteiger partial charge in [-0.05, 0) is 41.4 Å². The second kappa shape index (κ2) is 5.15. The average molecular weight is 256 g/mol. The van der Waals surface area contributed by atoms with Gasteiger partial charge in [-0.2, -0.15) is 0 Å². The molecule has 76 valence electrons. The topological polar surface area (TPSA) is 29.1 Å². The van der Waals surface area contributed by atoms with Crippen molar-refractivity contribution in [3.8, 4) is 0 Å². The second-order valence-electron chi connectivity index (χ2n) is 3.26. The Labute approximate surface area is 92.8 Å². The zero-order valence-corrected chi connectivity index (χ0v) is 9.97. The fourth-order valence-corrected chi connectivity index (χ4v) is 1.51. The molecule has 1 amide bonds. The summed E-state index contributed by atoms with van der Waals surface area (Å²) in [5, 5.41) is 2.92. The van der Waals surface area contributed by atoms with Crippen LogP contribution < -0.4 is 5.32 Å². The third-order valence-electron chi connectivity index (χ3n) is 2.11. The van der Waals surface area contributed by atoms with Crippen LogP contribution >= 0.6 is 15.9 Å². The minimum atomic E-state index is -0.0215. The first-order valence-electron chi connectivity index (χ1n) is 4.70. The Morgan fingerprint density at radius 1 is 1.50 bits per heavy atom. The highest BCUT2D eigenvalue weighted by molar-refractivity contribution is 9.10. The van der Waals surface area contributed by atoms with Crippen LogP contribution in [-0.2, 0) is 0 Å². The molecule has 2 nitrogen and oxygen atoms in total. The molecule has 1 N–H and O–H groups in total. The van der Waals surface area contributed by atoms with Crippen LogP contribution in [0.5, 0.6) is 0 Å². The molecule has 0 spiro atoms. The summed E-state index contributed by atoms with van der Waals surface area (Å²) in [7, 11) is 0. The van der Waals surface area contributed by atoms with Gasteiger partial charge in [-0.15, -0.1) is 0 Å². The van der Waals surface area contributed by atoms with Crippen molar-refractivity contribution < 1.29 is 4.79 Å². The molecule has 0 saturated heterocycles. The molecular weight excluding hydrogens is 242 g/mol. The normalized spacial score (nSPS) is 12.2. The standard InChI is InChI=1S/C11H14BrNO/c1-3-8(2)13-11(14)9-6-4-5-7-10(9)12/h4-8H,3H2,1-2H3,(H,13,14)/t8-/m0/s1. The van der Waals surface area contributed by atoms with E-state index in [0.29, 0.717) is 5.56 Å². The molecule has 0 bridgehead atoms. The zero-order valence-electron chi connectivity index (χ0n) is 8.38. The van der Waals surface area contributed by atoms with Gasteiger partial charge >= 0.3 is 0 Å². The van der Waals surface area contributed by atoms with Crippen LogP contribution in [0.25, 0.3) is 0 Å². The predicted molar refractivity (Wildman–Crippen MR) is 61.4 cm³/mol. The summed E-state index contributed by atoms with van der Waals surface area (Å²) >= 11 is 3.35. The third-order valence-corrected chi connectivity index (χ3v) is 2.80. The van der Waals surface area contributed by atoms with Crippen molar-refractivity contribution in [2.24, 2.45) is 0 Å². The molecule has 0 fully saturated rings. The summed E-state index contributed by atoms with van der Waals surface area (Å²) in [4.78, 5) is 11.7. The van der Waals surface area contributed by atoms with Gasteiger partial charge in [0, 0.05) is 10.5 Å². The number of carbonyl (C=O) groups excluding carboxylic acids is 1. The van der Waals surface area contributed by atoms with Crippen LogP contribution in [0.2, 0.25) is 0 Å². The van der Waals surface area contributed by atoms with E-state index in [2.05, 4.69) is 21.2 Å². The average Bonchev–Trinajstić information content (AvgIpc) is 2.18. The molecule has 0 aliphatic heterocycles. The monoisotopic (exact) mass is 255 g/mol. The smallest absolute Gasteiger partial charge is 0.252 e. The fraction of sp³-hybridized carbons (Fsp3) is 0.364. The van der Waals surface area contributed by atoms with Crippen LogP contribution in [0, 0.1) is 0 Å². The van der Waals surface area contributed by atoms with Crippen molar-refractivity contribution in [1.82, 2.24) is 5.32 Å². The molecule has 0 heterocycles. The molecule has 0 saturated carbocycles. The van der Waals surface area contributed by atoms with Crippen molar-refractivity contribution >= 4 is 21.8 Å². The first kappa shape index (κ1) is 11.2. The number of rotatable bonds is 3. The van der Waals surface area contributed by atoms with E-state index in [-0.39, 0.29) is 11.9 Å². The highest BCUT2D eigenvalue weighted by Crippen LogP contribution is 2.15. The number of amides is 1. The lowest BCUT2D eigenvalue weighted by Crippen LogP contribution is -2.32. The van der Waals surface area contributed by atoms with E-state index in [0.717, 1.165) is 10.9 Å². The van der Waals surface area contributed by atoms with Crippen molar-refractivity contribution in [3.63, 3.8) is 0 Å². The molecule has 0 unspecified atom stereocenters. The van der Waals surface area contributed by atoms with E-state index in [1.54, 1.807) is 0 Å². The first-order chi connectivity index (χ1) is 6.65. The molecule has 1 aromatic rings. The molecule has 0 aliphatic rings. The Morgan fingerprint density at radius 2 is 2.14 bits per heavy atom. The van der Waals surface area contributed by atoms with Crippen molar-refractivity contribution in [2.75, 3.05) is 0 Å². The largest absolute Gasteiger partial charge is 0.350 e. The van der Waals surface area contributed by atoms with Gasteiger partial charge in [-0.25, -0.2) is 0 Å². The van der Waals surface area contributed by atoms with Crippen LogP contribution in [-0.4, -0.2) is 11.9 Å². The molecular formula is C11H14BrNO. The minimum absolute atomic E-state index is 0.0215. The van der Waals surface area contributed by atoms with Gasteiger partial charge in [0.25, 0.3) is 5.91 Å². The highest BCUT2D eigenvalue weighted by Gasteiger charge is 2.10. The third kappa shape index (κ3) is 2.84. The minimum Gasteiger partial charge on any atom is -0.350 e. The lowest BCUT2D eigenvalue weighted by molar-refractivity contribution is 0.0938. The van der Waals surface area contributed by atoms with Crippen LogP contribution in [0.1, 0.15) is 30.6 Å². The molecule has 1 rings (SSSR count). The summed E-state index contributed by atoms with van der Waals surface area (Å²) < 4.78 is 0.834.